The van der Waals surface area contributed by atoms with Crippen LogP contribution in [0, 0.1) is 16.0 Å². The van der Waals surface area contributed by atoms with Crippen molar-refractivity contribution < 1.29 is 9.72 Å². The summed E-state index contributed by atoms with van der Waals surface area (Å²) < 4.78 is 1.61. The molecular formula is C22H23ClN4O4S. The third kappa shape index (κ3) is 5.46. The average molecular weight is 475 g/mol. The second-order valence-corrected chi connectivity index (χ2v) is 9.44. The monoisotopic (exact) mass is 474 g/mol. The quantitative estimate of drug-likeness (QED) is 0.210. The van der Waals surface area contributed by atoms with E-state index in [9.17, 15) is 19.7 Å². The molecule has 0 aliphatic heterocycles. The van der Waals surface area contributed by atoms with E-state index in [1.165, 1.54) is 18.2 Å². The van der Waals surface area contributed by atoms with E-state index < -0.39 is 16.1 Å². The number of nitrogens with one attached hydrogen (secondary N) is 1. The number of carbonyl (C=O) groups excluding carboxylic acids is 1. The van der Waals surface area contributed by atoms with Crippen LogP contribution in [0.4, 0.5) is 11.4 Å². The van der Waals surface area contributed by atoms with Crippen molar-refractivity contribution in [3.8, 4) is 0 Å². The number of hydrogen-bond acceptors (Lipinski definition) is 6. The van der Waals surface area contributed by atoms with Gasteiger partial charge in [0.25, 0.3) is 11.2 Å². The summed E-state index contributed by atoms with van der Waals surface area (Å²) in [6.07, 6.45) is 0.789. The summed E-state index contributed by atoms with van der Waals surface area (Å²) in [5.41, 5.74) is 0.397. The molecule has 1 N–H and O–H groups in total. The van der Waals surface area contributed by atoms with Gasteiger partial charge in [0.05, 0.1) is 31.8 Å². The zero-order chi connectivity index (χ0) is 23.4. The van der Waals surface area contributed by atoms with Gasteiger partial charge in [-0.05, 0) is 37.5 Å². The highest BCUT2D eigenvalue weighted by atomic mass is 35.5. The van der Waals surface area contributed by atoms with Gasteiger partial charge in [0.1, 0.15) is 0 Å². The number of nitro groups is 1. The Kier molecular flexibility index (Phi) is 7.52. The van der Waals surface area contributed by atoms with E-state index in [0.717, 1.165) is 18.2 Å². The highest BCUT2D eigenvalue weighted by molar-refractivity contribution is 8.00. The molecule has 0 spiro atoms. The number of rotatable bonds is 8. The molecule has 0 aliphatic carbocycles. The molecule has 1 unspecified atom stereocenters. The summed E-state index contributed by atoms with van der Waals surface area (Å²) in [7, 11) is 0. The Morgan fingerprint density at radius 1 is 1.25 bits per heavy atom. The van der Waals surface area contributed by atoms with Crippen molar-refractivity contribution in [2.75, 3.05) is 5.32 Å². The number of anilines is 1. The van der Waals surface area contributed by atoms with Crippen molar-refractivity contribution in [3.63, 3.8) is 0 Å². The number of amides is 1. The van der Waals surface area contributed by atoms with Crippen molar-refractivity contribution in [1.29, 1.82) is 0 Å². The summed E-state index contributed by atoms with van der Waals surface area (Å²) >= 11 is 7.25. The van der Waals surface area contributed by atoms with E-state index >= 15 is 0 Å². The molecule has 168 valence electrons. The van der Waals surface area contributed by atoms with Crippen LogP contribution in [0.5, 0.6) is 0 Å². The zero-order valence-corrected chi connectivity index (χ0v) is 19.4. The van der Waals surface area contributed by atoms with E-state index in [4.69, 9.17) is 11.6 Å². The van der Waals surface area contributed by atoms with Crippen LogP contribution in [0.3, 0.4) is 0 Å². The average Bonchev–Trinajstić information content (AvgIpc) is 2.74. The number of halogens is 1. The topological polar surface area (TPSA) is 107 Å². The highest BCUT2D eigenvalue weighted by Crippen LogP contribution is 2.29. The first-order chi connectivity index (χ1) is 15.2. The van der Waals surface area contributed by atoms with Gasteiger partial charge in [-0.25, -0.2) is 4.98 Å². The van der Waals surface area contributed by atoms with Gasteiger partial charge in [0, 0.05) is 18.7 Å². The van der Waals surface area contributed by atoms with Crippen LogP contribution in [-0.4, -0.2) is 25.6 Å². The number of aromatic nitrogens is 2. The fourth-order valence-corrected chi connectivity index (χ4v) is 4.09. The Hall–Kier alpha value is -2.91. The maximum absolute atomic E-state index is 13.1. The van der Waals surface area contributed by atoms with E-state index in [2.05, 4.69) is 24.1 Å². The lowest BCUT2D eigenvalue weighted by atomic mass is 10.1. The molecule has 0 radical (unpaired) electrons. The van der Waals surface area contributed by atoms with Gasteiger partial charge in [0.15, 0.2) is 5.16 Å². The smallest absolute Gasteiger partial charge is 0.271 e. The summed E-state index contributed by atoms with van der Waals surface area (Å²) in [5.74, 6) is -0.0156. The molecule has 32 heavy (non-hydrogen) atoms. The summed E-state index contributed by atoms with van der Waals surface area (Å²) in [5, 5.41) is 14.2. The molecule has 0 saturated heterocycles. The fraction of sp³-hybridized carbons (Fsp3) is 0.318. The Morgan fingerprint density at radius 3 is 2.66 bits per heavy atom. The first-order valence-corrected chi connectivity index (χ1v) is 11.3. The summed E-state index contributed by atoms with van der Waals surface area (Å²) in [4.78, 5) is 41.0. The van der Waals surface area contributed by atoms with Crippen molar-refractivity contribution in [3.05, 3.63) is 68.0 Å². The second-order valence-electron chi connectivity index (χ2n) is 7.72. The number of hydrogen-bond donors (Lipinski definition) is 1. The molecule has 1 heterocycles. The number of non-ortho nitro benzene ring substituents is 1. The molecule has 8 nitrogen and oxygen atoms in total. The van der Waals surface area contributed by atoms with Gasteiger partial charge in [0.2, 0.25) is 5.91 Å². The maximum Gasteiger partial charge on any atom is 0.271 e. The number of carbonyl (C=O) groups is 1. The molecule has 2 aromatic carbocycles. The van der Waals surface area contributed by atoms with E-state index in [1.807, 2.05) is 6.07 Å². The number of nitrogens with zero attached hydrogens (tertiary/aromatic N) is 3. The minimum Gasteiger partial charge on any atom is -0.324 e. The minimum atomic E-state index is -0.635. The van der Waals surface area contributed by atoms with Gasteiger partial charge in [-0.1, -0.05) is 49.3 Å². The Balaban J connectivity index is 1.88. The van der Waals surface area contributed by atoms with Crippen LogP contribution in [0.25, 0.3) is 10.9 Å². The van der Waals surface area contributed by atoms with Crippen molar-refractivity contribution >= 4 is 51.5 Å². The summed E-state index contributed by atoms with van der Waals surface area (Å²) in [6.45, 7) is 6.32. The number of thioether (sulfide) groups is 1. The lowest BCUT2D eigenvalue weighted by Crippen LogP contribution is -2.27. The predicted molar refractivity (Wildman–Crippen MR) is 128 cm³/mol. The molecule has 0 fully saturated rings. The molecule has 1 amide bonds. The van der Waals surface area contributed by atoms with Crippen LogP contribution < -0.4 is 10.9 Å². The van der Waals surface area contributed by atoms with Gasteiger partial charge in [-0.2, -0.15) is 0 Å². The third-order valence-electron chi connectivity index (χ3n) is 4.83. The van der Waals surface area contributed by atoms with Crippen LogP contribution in [-0.2, 0) is 11.3 Å². The van der Waals surface area contributed by atoms with Gasteiger partial charge < -0.3 is 5.32 Å². The van der Waals surface area contributed by atoms with Crippen LogP contribution in [0.15, 0.2) is 52.4 Å². The normalized spacial score (nSPS) is 12.2. The van der Waals surface area contributed by atoms with Gasteiger partial charge in [-0.15, -0.1) is 0 Å². The first kappa shape index (κ1) is 23.7. The first-order valence-electron chi connectivity index (χ1n) is 10.1. The highest BCUT2D eigenvalue weighted by Gasteiger charge is 2.21. The van der Waals surface area contributed by atoms with Crippen molar-refractivity contribution in [2.24, 2.45) is 5.92 Å². The molecule has 0 aliphatic rings. The van der Waals surface area contributed by atoms with E-state index in [-0.39, 0.29) is 22.0 Å². The summed E-state index contributed by atoms with van der Waals surface area (Å²) in [6, 6.07) is 11.0. The van der Waals surface area contributed by atoms with Crippen LogP contribution >= 0.6 is 23.4 Å². The molecule has 3 rings (SSSR count). The molecule has 1 aromatic heterocycles. The third-order valence-corrected chi connectivity index (χ3v) is 6.25. The molecule has 1 atom stereocenters. The molecule has 3 aromatic rings. The molecular weight excluding hydrogens is 452 g/mol. The Morgan fingerprint density at radius 2 is 1.97 bits per heavy atom. The lowest BCUT2D eigenvalue weighted by Gasteiger charge is -2.17. The van der Waals surface area contributed by atoms with Crippen LogP contribution in [0.2, 0.25) is 5.02 Å². The van der Waals surface area contributed by atoms with E-state index in [0.29, 0.717) is 28.5 Å². The van der Waals surface area contributed by atoms with Crippen molar-refractivity contribution in [1.82, 2.24) is 9.55 Å². The number of fused-ring (bicyclic) bond motifs is 1. The maximum atomic E-state index is 13.1. The number of para-hydroxylation sites is 1. The SMILES string of the molecule is CC(C)CCn1c(SC(C)C(=O)Nc2cc([N+](=O)[O-])ccc2Cl)nc2ccccc2c1=O. The Labute approximate surface area is 194 Å². The molecule has 10 heteroatoms. The van der Waals surface area contributed by atoms with Gasteiger partial charge in [-0.3, -0.25) is 24.3 Å². The number of benzene rings is 2. The van der Waals surface area contributed by atoms with Crippen molar-refractivity contribution in [2.45, 2.75) is 44.1 Å². The zero-order valence-electron chi connectivity index (χ0n) is 17.9. The Bertz CT molecular complexity index is 1230. The standard InChI is InChI=1S/C22H23ClN4O4S/c1-13(2)10-11-26-21(29)16-6-4-5-7-18(16)25-22(26)32-14(3)20(28)24-19-12-15(27(30)31)8-9-17(19)23/h4-9,12-14H,10-11H2,1-3H3,(H,24,28). The predicted octanol–water partition coefficient (Wildman–Crippen LogP) is 5.12. The lowest BCUT2D eigenvalue weighted by molar-refractivity contribution is -0.384. The number of nitro benzene ring substituents is 1. The molecule has 0 saturated carbocycles. The van der Waals surface area contributed by atoms with Gasteiger partial charge >= 0.3 is 0 Å². The minimum absolute atomic E-state index is 0.145. The van der Waals surface area contributed by atoms with Crippen LogP contribution in [0.1, 0.15) is 27.2 Å². The second kappa shape index (κ2) is 10.1. The fourth-order valence-electron chi connectivity index (χ4n) is 2.99. The molecule has 0 bridgehead atoms. The largest absolute Gasteiger partial charge is 0.324 e. The van der Waals surface area contributed by atoms with E-state index in [1.54, 1.807) is 29.7 Å².